The lowest BCUT2D eigenvalue weighted by molar-refractivity contribution is -0.136. The number of piperidine rings is 1. The SMILES string of the molecule is O=c1cc(C(F)(F)F)c2cc(COCc3ccccc3)ccc2n1N1CCCCC1. The zero-order valence-electron chi connectivity index (χ0n) is 16.5. The van der Waals surface area contributed by atoms with Crippen LogP contribution in [-0.2, 0) is 24.1 Å². The van der Waals surface area contributed by atoms with E-state index in [1.165, 1.54) is 10.7 Å². The highest BCUT2D eigenvalue weighted by atomic mass is 19.4. The first-order valence-electron chi connectivity index (χ1n) is 10.1. The largest absolute Gasteiger partial charge is 0.417 e. The van der Waals surface area contributed by atoms with Crippen LogP contribution in [0.15, 0.2) is 59.4 Å². The van der Waals surface area contributed by atoms with E-state index in [0.717, 1.165) is 24.8 Å². The molecule has 4 rings (SSSR count). The number of pyridine rings is 1. The van der Waals surface area contributed by atoms with Gasteiger partial charge in [-0.2, -0.15) is 13.2 Å². The predicted octanol–water partition coefficient (Wildman–Crippen LogP) is 4.86. The smallest absolute Gasteiger partial charge is 0.372 e. The van der Waals surface area contributed by atoms with Gasteiger partial charge in [0.15, 0.2) is 0 Å². The fourth-order valence-corrected chi connectivity index (χ4v) is 3.92. The predicted molar refractivity (Wildman–Crippen MR) is 110 cm³/mol. The second-order valence-electron chi connectivity index (χ2n) is 7.55. The summed E-state index contributed by atoms with van der Waals surface area (Å²) in [6.07, 6.45) is -1.71. The van der Waals surface area contributed by atoms with Gasteiger partial charge in [-0.05, 0) is 42.5 Å². The van der Waals surface area contributed by atoms with Gasteiger partial charge in [-0.25, -0.2) is 4.68 Å². The molecule has 0 spiro atoms. The van der Waals surface area contributed by atoms with E-state index in [2.05, 4.69) is 0 Å². The Balaban J connectivity index is 1.69. The monoisotopic (exact) mass is 416 g/mol. The molecule has 158 valence electrons. The molecule has 2 heterocycles. The maximum absolute atomic E-state index is 13.7. The van der Waals surface area contributed by atoms with E-state index in [9.17, 15) is 18.0 Å². The lowest BCUT2D eigenvalue weighted by atomic mass is 10.1. The van der Waals surface area contributed by atoms with E-state index < -0.39 is 17.3 Å². The van der Waals surface area contributed by atoms with Crippen molar-refractivity contribution < 1.29 is 17.9 Å². The number of benzene rings is 2. The van der Waals surface area contributed by atoms with Crippen LogP contribution in [0.3, 0.4) is 0 Å². The Kier molecular flexibility index (Phi) is 5.81. The molecule has 0 N–H and O–H groups in total. The topological polar surface area (TPSA) is 34.5 Å². The van der Waals surface area contributed by atoms with Gasteiger partial charge in [-0.15, -0.1) is 0 Å². The van der Waals surface area contributed by atoms with Crippen molar-refractivity contribution in [3.63, 3.8) is 0 Å². The molecule has 1 saturated heterocycles. The molecule has 30 heavy (non-hydrogen) atoms. The van der Waals surface area contributed by atoms with Crippen molar-refractivity contribution in [2.24, 2.45) is 0 Å². The molecule has 0 saturated carbocycles. The van der Waals surface area contributed by atoms with Gasteiger partial charge in [0, 0.05) is 24.5 Å². The third-order valence-corrected chi connectivity index (χ3v) is 5.36. The minimum Gasteiger partial charge on any atom is -0.372 e. The average molecular weight is 416 g/mol. The van der Waals surface area contributed by atoms with Crippen LogP contribution in [0.25, 0.3) is 10.9 Å². The molecule has 1 aromatic heterocycles. The molecule has 1 aliphatic rings. The third kappa shape index (κ3) is 4.36. The van der Waals surface area contributed by atoms with Gasteiger partial charge < -0.3 is 9.75 Å². The summed E-state index contributed by atoms with van der Waals surface area (Å²) in [6.45, 7) is 1.87. The maximum atomic E-state index is 13.7. The molecule has 2 aromatic carbocycles. The van der Waals surface area contributed by atoms with E-state index in [-0.39, 0.29) is 17.5 Å². The van der Waals surface area contributed by atoms with Gasteiger partial charge in [0.25, 0.3) is 5.56 Å². The number of hydrogen-bond acceptors (Lipinski definition) is 3. The summed E-state index contributed by atoms with van der Waals surface area (Å²) < 4.78 is 48.1. The summed E-state index contributed by atoms with van der Waals surface area (Å²) in [6, 6.07) is 15.1. The van der Waals surface area contributed by atoms with Gasteiger partial charge in [0.1, 0.15) is 0 Å². The van der Waals surface area contributed by atoms with E-state index in [1.807, 2.05) is 35.3 Å². The van der Waals surface area contributed by atoms with Crippen LogP contribution in [-0.4, -0.2) is 17.8 Å². The van der Waals surface area contributed by atoms with Crippen molar-refractivity contribution in [1.29, 1.82) is 0 Å². The number of ether oxygens (including phenoxy) is 1. The van der Waals surface area contributed by atoms with Gasteiger partial charge in [-0.1, -0.05) is 36.4 Å². The van der Waals surface area contributed by atoms with Crippen LogP contribution in [0, 0.1) is 0 Å². The molecule has 4 nitrogen and oxygen atoms in total. The first-order chi connectivity index (χ1) is 14.4. The summed E-state index contributed by atoms with van der Waals surface area (Å²) in [5.74, 6) is 0. The summed E-state index contributed by atoms with van der Waals surface area (Å²) in [5, 5.41) is 1.87. The average Bonchev–Trinajstić information content (AvgIpc) is 2.74. The lowest BCUT2D eigenvalue weighted by Gasteiger charge is -2.31. The van der Waals surface area contributed by atoms with Crippen LogP contribution in [0.2, 0.25) is 0 Å². The second kappa shape index (κ2) is 8.52. The molecule has 3 aromatic rings. The standard InChI is InChI=1S/C23H23F3N2O2/c24-23(25,26)20-14-22(29)28(27-11-5-2-6-12-27)21-10-9-18(13-19(20)21)16-30-15-17-7-3-1-4-8-17/h1,3-4,7-10,13-14H,2,5-6,11-12,15-16H2. The lowest BCUT2D eigenvalue weighted by Crippen LogP contribution is -2.45. The van der Waals surface area contributed by atoms with E-state index in [0.29, 0.717) is 31.3 Å². The van der Waals surface area contributed by atoms with Crippen LogP contribution in [0.1, 0.15) is 36.0 Å². The van der Waals surface area contributed by atoms with Crippen LogP contribution in [0.5, 0.6) is 0 Å². The quantitative estimate of drug-likeness (QED) is 0.596. The molecule has 0 aliphatic carbocycles. The van der Waals surface area contributed by atoms with Crippen LogP contribution >= 0.6 is 0 Å². The molecule has 1 aliphatic heterocycles. The number of aromatic nitrogens is 1. The molecular weight excluding hydrogens is 393 g/mol. The van der Waals surface area contributed by atoms with Crippen molar-refractivity contribution in [1.82, 2.24) is 4.68 Å². The minimum absolute atomic E-state index is 0.0217. The Morgan fingerprint density at radius 2 is 1.57 bits per heavy atom. The first kappa shape index (κ1) is 20.5. The number of alkyl halides is 3. The fourth-order valence-electron chi connectivity index (χ4n) is 3.92. The van der Waals surface area contributed by atoms with Gasteiger partial charge >= 0.3 is 6.18 Å². The molecule has 0 bridgehead atoms. The number of halogens is 3. The summed E-state index contributed by atoms with van der Waals surface area (Å²) in [7, 11) is 0. The molecule has 1 fully saturated rings. The van der Waals surface area contributed by atoms with Crippen molar-refractivity contribution in [2.75, 3.05) is 18.1 Å². The van der Waals surface area contributed by atoms with E-state index >= 15 is 0 Å². The van der Waals surface area contributed by atoms with E-state index in [1.54, 1.807) is 12.1 Å². The summed E-state index contributed by atoms with van der Waals surface area (Å²) >= 11 is 0. The Morgan fingerprint density at radius 1 is 0.867 bits per heavy atom. The van der Waals surface area contributed by atoms with Gasteiger partial charge in [0.05, 0.1) is 24.3 Å². The normalized spacial score (nSPS) is 15.0. The highest BCUT2D eigenvalue weighted by Gasteiger charge is 2.34. The zero-order valence-corrected chi connectivity index (χ0v) is 16.5. The number of fused-ring (bicyclic) bond motifs is 1. The Bertz CT molecular complexity index is 1070. The fraction of sp³-hybridized carbons (Fsp3) is 0.348. The van der Waals surface area contributed by atoms with Crippen molar-refractivity contribution >= 4 is 10.9 Å². The Hall–Kier alpha value is -2.80. The van der Waals surface area contributed by atoms with Gasteiger partial charge in [0.2, 0.25) is 0 Å². The molecule has 0 radical (unpaired) electrons. The second-order valence-corrected chi connectivity index (χ2v) is 7.55. The third-order valence-electron chi connectivity index (χ3n) is 5.36. The molecule has 0 amide bonds. The molecule has 0 unspecified atom stereocenters. The maximum Gasteiger partial charge on any atom is 0.417 e. The number of hydrogen-bond donors (Lipinski definition) is 0. The molecule has 0 atom stereocenters. The van der Waals surface area contributed by atoms with E-state index in [4.69, 9.17) is 4.74 Å². The van der Waals surface area contributed by atoms with Gasteiger partial charge in [-0.3, -0.25) is 4.79 Å². The highest BCUT2D eigenvalue weighted by molar-refractivity contribution is 5.84. The minimum atomic E-state index is -4.61. The first-order valence-corrected chi connectivity index (χ1v) is 10.1. The van der Waals surface area contributed by atoms with Crippen molar-refractivity contribution in [3.05, 3.63) is 81.6 Å². The van der Waals surface area contributed by atoms with Crippen molar-refractivity contribution in [3.8, 4) is 0 Å². The van der Waals surface area contributed by atoms with Crippen LogP contribution < -0.4 is 10.6 Å². The Labute approximate surface area is 172 Å². The molecule has 7 heteroatoms. The molecular formula is C23H23F3N2O2. The zero-order chi connectivity index (χ0) is 21.1. The number of nitrogens with zero attached hydrogens (tertiary/aromatic N) is 2. The summed E-state index contributed by atoms with van der Waals surface area (Å²) in [4.78, 5) is 12.6. The highest BCUT2D eigenvalue weighted by Crippen LogP contribution is 2.34. The summed E-state index contributed by atoms with van der Waals surface area (Å²) in [5.41, 5.74) is 0.356. The van der Waals surface area contributed by atoms with Crippen molar-refractivity contribution in [2.45, 2.75) is 38.7 Å². The Morgan fingerprint density at radius 3 is 2.27 bits per heavy atom. The number of rotatable bonds is 5. The van der Waals surface area contributed by atoms with Crippen LogP contribution in [0.4, 0.5) is 13.2 Å².